The van der Waals surface area contributed by atoms with E-state index in [1.807, 2.05) is 59.5 Å². The third kappa shape index (κ3) is 4.55. The quantitative estimate of drug-likeness (QED) is 0.208. The van der Waals surface area contributed by atoms with Crippen molar-refractivity contribution in [2.24, 2.45) is 11.5 Å². The third-order valence-corrected chi connectivity index (χ3v) is 6.73. The largest absolute Gasteiger partial charge is 0.490 e. The maximum Gasteiger partial charge on any atom is 0.352 e. The van der Waals surface area contributed by atoms with E-state index in [2.05, 4.69) is 0 Å². The summed E-state index contributed by atoms with van der Waals surface area (Å²) in [5, 5.41) is 27.9. The number of carbonyl (C=O) groups is 1. The van der Waals surface area contributed by atoms with Gasteiger partial charge in [0.2, 0.25) is 0 Å². The third-order valence-electron chi connectivity index (χ3n) is 6.73. The number of hydrogen-bond acceptors (Lipinski definition) is 4. The summed E-state index contributed by atoms with van der Waals surface area (Å²) < 4.78 is 7.97. The number of carboxylic acid groups (broad SMARTS) is 1. The van der Waals surface area contributed by atoms with Crippen LogP contribution in [0.5, 0.6) is 5.75 Å². The van der Waals surface area contributed by atoms with Crippen LogP contribution in [0.2, 0.25) is 0 Å². The molecule has 36 heavy (non-hydrogen) atoms. The fourth-order valence-corrected chi connectivity index (χ4v) is 4.82. The highest BCUT2D eigenvalue weighted by molar-refractivity contribution is 5.99. The first kappa shape index (κ1) is 23.2. The van der Waals surface area contributed by atoms with Gasteiger partial charge in [-0.05, 0) is 52.7 Å². The van der Waals surface area contributed by atoms with Crippen LogP contribution in [0, 0.1) is 10.8 Å². The molecular weight excluding hydrogens is 456 g/mol. The lowest BCUT2D eigenvalue weighted by Gasteiger charge is -2.32. The van der Waals surface area contributed by atoms with Gasteiger partial charge in [0.1, 0.15) is 23.4 Å². The van der Waals surface area contributed by atoms with Crippen LogP contribution in [0.25, 0.3) is 21.7 Å². The minimum atomic E-state index is -0.995. The number of fused-ring (bicyclic) bond motifs is 2. The van der Waals surface area contributed by atoms with Gasteiger partial charge in [0.25, 0.3) is 0 Å². The molecule has 1 fully saturated rings. The molecule has 0 saturated carbocycles. The van der Waals surface area contributed by atoms with E-state index in [-0.39, 0.29) is 23.6 Å². The predicted molar refractivity (Wildman–Crippen MR) is 140 cm³/mol. The molecule has 3 aromatic carbocycles. The SMILES string of the molecule is N=C(N)c1ccc2ccc(Cn3c(C(=O)O)cc4cc(OC5CCN(C(=N)N)CC5)ccc43)cc2c1. The number of aromatic nitrogens is 1. The Labute approximate surface area is 207 Å². The number of nitrogens with two attached hydrogens (primary N) is 2. The van der Waals surface area contributed by atoms with Crippen molar-refractivity contribution in [3.63, 3.8) is 0 Å². The number of nitrogen functional groups attached to an aromatic ring is 1. The molecule has 0 unspecified atom stereocenters. The molecule has 1 aliphatic rings. The van der Waals surface area contributed by atoms with Crippen molar-refractivity contribution in [2.45, 2.75) is 25.5 Å². The van der Waals surface area contributed by atoms with Crippen LogP contribution in [-0.4, -0.2) is 51.5 Å². The summed E-state index contributed by atoms with van der Waals surface area (Å²) >= 11 is 0. The van der Waals surface area contributed by atoms with Gasteiger partial charge in [0.15, 0.2) is 5.96 Å². The Hall–Kier alpha value is -4.53. The Balaban J connectivity index is 1.42. The molecule has 0 bridgehead atoms. The molecule has 1 aliphatic heterocycles. The predicted octanol–water partition coefficient (Wildman–Crippen LogP) is 3.56. The van der Waals surface area contributed by atoms with Gasteiger partial charge in [-0.2, -0.15) is 0 Å². The fourth-order valence-electron chi connectivity index (χ4n) is 4.82. The summed E-state index contributed by atoms with van der Waals surface area (Å²) in [6, 6.07) is 18.9. The van der Waals surface area contributed by atoms with E-state index in [0.717, 1.165) is 40.1 Å². The van der Waals surface area contributed by atoms with Crippen molar-refractivity contribution < 1.29 is 14.6 Å². The highest BCUT2D eigenvalue weighted by Gasteiger charge is 2.22. The molecule has 4 aromatic rings. The molecule has 0 atom stereocenters. The number of aromatic carboxylic acids is 1. The lowest BCUT2D eigenvalue weighted by atomic mass is 10.0. The van der Waals surface area contributed by atoms with E-state index in [1.165, 1.54) is 0 Å². The van der Waals surface area contributed by atoms with Crippen LogP contribution in [0.15, 0.2) is 60.7 Å². The summed E-state index contributed by atoms with van der Waals surface area (Å²) in [7, 11) is 0. The zero-order valence-electron chi connectivity index (χ0n) is 19.7. The number of rotatable bonds is 6. The number of hydrogen-bond donors (Lipinski definition) is 5. The van der Waals surface area contributed by atoms with Crippen molar-refractivity contribution in [3.8, 4) is 5.75 Å². The van der Waals surface area contributed by atoms with E-state index >= 15 is 0 Å². The summed E-state index contributed by atoms with van der Waals surface area (Å²) in [4.78, 5) is 13.9. The molecule has 0 radical (unpaired) electrons. The Bertz CT molecular complexity index is 1500. The molecule has 1 aromatic heterocycles. The average Bonchev–Trinajstić information content (AvgIpc) is 3.21. The molecular formula is C27H28N6O3. The first-order valence-electron chi connectivity index (χ1n) is 11.8. The van der Waals surface area contributed by atoms with Crippen LogP contribution < -0.4 is 16.2 Å². The number of likely N-dealkylation sites (tertiary alicyclic amines) is 1. The molecule has 7 N–H and O–H groups in total. The van der Waals surface area contributed by atoms with E-state index in [4.69, 9.17) is 27.0 Å². The van der Waals surface area contributed by atoms with Crippen LogP contribution >= 0.6 is 0 Å². The van der Waals surface area contributed by atoms with Crippen molar-refractivity contribution in [1.29, 1.82) is 10.8 Å². The number of ether oxygens (including phenoxy) is 1. The van der Waals surface area contributed by atoms with Gasteiger partial charge >= 0.3 is 5.97 Å². The van der Waals surface area contributed by atoms with Gasteiger partial charge in [0.05, 0.1) is 0 Å². The first-order valence-corrected chi connectivity index (χ1v) is 11.8. The van der Waals surface area contributed by atoms with Gasteiger partial charge in [0, 0.05) is 48.9 Å². The Morgan fingerprint density at radius 2 is 1.69 bits per heavy atom. The molecule has 5 rings (SSSR count). The molecule has 9 heteroatoms. The van der Waals surface area contributed by atoms with E-state index in [0.29, 0.717) is 30.9 Å². The monoisotopic (exact) mass is 484 g/mol. The van der Waals surface area contributed by atoms with E-state index in [9.17, 15) is 9.90 Å². The second-order valence-electron chi connectivity index (χ2n) is 9.14. The second-order valence-corrected chi connectivity index (χ2v) is 9.14. The highest BCUT2D eigenvalue weighted by Crippen LogP contribution is 2.28. The minimum Gasteiger partial charge on any atom is -0.490 e. The van der Waals surface area contributed by atoms with Crippen LogP contribution in [0.3, 0.4) is 0 Å². The Morgan fingerprint density at radius 1 is 0.944 bits per heavy atom. The molecule has 1 saturated heterocycles. The summed E-state index contributed by atoms with van der Waals surface area (Å²) in [5.41, 5.74) is 13.8. The molecule has 184 valence electrons. The van der Waals surface area contributed by atoms with Crippen LogP contribution in [0.4, 0.5) is 0 Å². The molecule has 0 aliphatic carbocycles. The lowest BCUT2D eigenvalue weighted by molar-refractivity contribution is 0.0686. The molecule has 9 nitrogen and oxygen atoms in total. The van der Waals surface area contributed by atoms with Gasteiger partial charge in [-0.25, -0.2) is 4.79 Å². The molecule has 2 heterocycles. The normalized spacial score (nSPS) is 14.3. The summed E-state index contributed by atoms with van der Waals surface area (Å²) in [6.07, 6.45) is 1.56. The average molecular weight is 485 g/mol. The van der Waals surface area contributed by atoms with Gasteiger partial charge in [-0.1, -0.05) is 24.3 Å². The van der Waals surface area contributed by atoms with Crippen LogP contribution in [0.1, 0.15) is 34.5 Å². The maximum atomic E-state index is 12.1. The van der Waals surface area contributed by atoms with Crippen molar-refractivity contribution in [3.05, 3.63) is 77.5 Å². The topological polar surface area (TPSA) is 154 Å². The number of nitrogens with zero attached hydrogens (tertiary/aromatic N) is 2. The standard InChI is InChI=1S/C27H28N6O3/c28-25(29)18-4-3-17-2-1-16(11-19(17)12-18)15-33-23-6-5-22(13-20(23)14-24(33)26(34)35)36-21-7-9-32(10-8-21)27(30)31/h1-6,11-14,21H,7-10,15H2,(H3,28,29)(H3,30,31)(H,34,35). The zero-order chi connectivity index (χ0) is 25.4. The summed E-state index contributed by atoms with van der Waals surface area (Å²) in [6.45, 7) is 1.75. The lowest BCUT2D eigenvalue weighted by Crippen LogP contribution is -2.44. The number of guanidine groups is 1. The Kier molecular flexibility index (Phi) is 5.97. The second kappa shape index (κ2) is 9.26. The zero-order valence-corrected chi connectivity index (χ0v) is 19.7. The van der Waals surface area contributed by atoms with Crippen LogP contribution in [-0.2, 0) is 6.54 Å². The summed E-state index contributed by atoms with van der Waals surface area (Å²) in [5.74, 6) is -0.206. The maximum absolute atomic E-state index is 12.1. The van der Waals surface area contributed by atoms with Gasteiger partial charge in [-0.15, -0.1) is 0 Å². The highest BCUT2D eigenvalue weighted by atomic mass is 16.5. The first-order chi connectivity index (χ1) is 17.3. The smallest absolute Gasteiger partial charge is 0.352 e. The van der Waals surface area contributed by atoms with Crippen molar-refractivity contribution >= 4 is 39.4 Å². The number of piperidine rings is 1. The Morgan fingerprint density at radius 3 is 2.39 bits per heavy atom. The number of amidine groups is 1. The number of nitrogens with one attached hydrogen (secondary N) is 2. The number of carboxylic acids is 1. The van der Waals surface area contributed by atoms with Crippen molar-refractivity contribution in [2.75, 3.05) is 13.1 Å². The van der Waals surface area contributed by atoms with Crippen molar-refractivity contribution in [1.82, 2.24) is 9.47 Å². The molecule has 0 amide bonds. The van der Waals surface area contributed by atoms with E-state index in [1.54, 1.807) is 10.6 Å². The minimum absolute atomic E-state index is 0.00861. The van der Waals surface area contributed by atoms with Gasteiger partial charge < -0.3 is 30.8 Å². The number of benzene rings is 3. The van der Waals surface area contributed by atoms with E-state index < -0.39 is 5.97 Å². The fraction of sp³-hybridized carbons (Fsp3) is 0.222. The van der Waals surface area contributed by atoms with Gasteiger partial charge in [-0.3, -0.25) is 10.8 Å². The molecule has 0 spiro atoms.